The number of hydrogen-bond donors (Lipinski definition) is 1. The molecule has 80 valence electrons. The summed E-state index contributed by atoms with van der Waals surface area (Å²) in [5, 5.41) is 2.97. The zero-order chi connectivity index (χ0) is 11.1. The third-order valence-electron chi connectivity index (χ3n) is 3.36. The molecule has 15 heavy (non-hydrogen) atoms. The van der Waals surface area contributed by atoms with Crippen LogP contribution in [0.1, 0.15) is 19.4 Å². The Kier molecular flexibility index (Phi) is 2.27. The second kappa shape index (κ2) is 3.35. The Balaban J connectivity index is 2.42. The smallest absolute Gasteiger partial charge is 0.275 e. The first-order valence-electron chi connectivity index (χ1n) is 5.28. The van der Waals surface area contributed by atoms with Crippen LogP contribution in [0.2, 0.25) is 0 Å². The number of rotatable bonds is 1. The van der Waals surface area contributed by atoms with Gasteiger partial charge in [0.25, 0.3) is 0 Å². The van der Waals surface area contributed by atoms with Crippen LogP contribution in [-0.4, -0.2) is 23.6 Å². The van der Waals surface area contributed by atoms with E-state index in [2.05, 4.69) is 25.2 Å². The maximum atomic E-state index is 12.0. The van der Waals surface area contributed by atoms with Gasteiger partial charge in [-0.25, -0.2) is 9.28 Å². The van der Waals surface area contributed by atoms with Crippen LogP contribution < -0.4 is 5.32 Å². The lowest BCUT2D eigenvalue weighted by molar-refractivity contribution is -0.864. The highest BCUT2D eigenvalue weighted by Gasteiger charge is 2.39. The molecule has 1 atom stereocenters. The number of urea groups is 1. The van der Waals surface area contributed by atoms with Crippen LogP contribution >= 0.6 is 0 Å². The zero-order valence-corrected chi connectivity index (χ0v) is 9.45. The predicted octanol–water partition coefficient (Wildman–Crippen LogP) is 2.59. The van der Waals surface area contributed by atoms with Crippen molar-refractivity contribution in [1.29, 1.82) is 0 Å². The number of hydrogen-bond acceptors (Lipinski definition) is 1. The number of quaternary nitrogens is 1. The Labute approximate surface area is 90.3 Å². The quantitative estimate of drug-likeness (QED) is 0.701. The van der Waals surface area contributed by atoms with Gasteiger partial charge in [-0.2, -0.15) is 0 Å². The molecule has 0 saturated heterocycles. The molecule has 0 aromatic heterocycles. The SMILES string of the molecule is CC(C)[N+]1(C)Cc2ccccc2NC1=O. The number of nitrogens with one attached hydrogen (secondary N) is 1. The molecule has 0 radical (unpaired) electrons. The van der Waals surface area contributed by atoms with Crippen molar-refractivity contribution in [2.75, 3.05) is 12.4 Å². The van der Waals surface area contributed by atoms with Gasteiger partial charge in [0.2, 0.25) is 0 Å². The molecule has 2 amide bonds. The van der Waals surface area contributed by atoms with Crippen LogP contribution in [0.4, 0.5) is 10.5 Å². The molecule has 3 nitrogen and oxygen atoms in total. The maximum Gasteiger partial charge on any atom is 0.421 e. The monoisotopic (exact) mass is 205 g/mol. The minimum atomic E-state index is 0.0868. The summed E-state index contributed by atoms with van der Waals surface area (Å²) in [6, 6.07) is 8.37. The number of nitrogens with zero attached hydrogens (tertiary/aromatic N) is 1. The molecule has 0 spiro atoms. The van der Waals surface area contributed by atoms with Crippen molar-refractivity contribution in [3.63, 3.8) is 0 Å². The molecule has 0 aliphatic carbocycles. The summed E-state index contributed by atoms with van der Waals surface area (Å²) in [5.41, 5.74) is 2.17. The number of anilines is 1. The van der Waals surface area contributed by atoms with Crippen LogP contribution in [0.3, 0.4) is 0 Å². The Hall–Kier alpha value is -1.35. The third kappa shape index (κ3) is 1.53. The van der Waals surface area contributed by atoms with Crippen molar-refractivity contribution in [3.8, 4) is 0 Å². The molecule has 0 fully saturated rings. The van der Waals surface area contributed by atoms with Crippen LogP contribution in [0, 0.1) is 0 Å². The number of carbonyl (C=O) groups is 1. The van der Waals surface area contributed by atoms with E-state index in [1.807, 2.05) is 25.2 Å². The second-order valence-electron chi connectivity index (χ2n) is 4.61. The first kappa shape index (κ1) is 10.2. The molecule has 1 aromatic carbocycles. The lowest BCUT2D eigenvalue weighted by atomic mass is 10.1. The fraction of sp³-hybridized carbons (Fsp3) is 0.417. The first-order chi connectivity index (χ1) is 7.04. The van der Waals surface area contributed by atoms with Crippen molar-refractivity contribution in [2.24, 2.45) is 0 Å². The summed E-state index contributed by atoms with van der Waals surface area (Å²) in [6.45, 7) is 4.93. The fourth-order valence-electron chi connectivity index (χ4n) is 1.87. The summed E-state index contributed by atoms with van der Waals surface area (Å²) in [5.74, 6) is 0. The highest BCUT2D eigenvalue weighted by Crippen LogP contribution is 2.28. The number of fused-ring (bicyclic) bond motifs is 1. The molecule has 1 heterocycles. The standard InChI is InChI=1S/C12H16N2O/c1-9(2)14(3)8-10-6-4-5-7-11(10)13-12(14)15/h4-7,9H,8H2,1-3H3/p+1. The average molecular weight is 205 g/mol. The molecule has 1 aromatic rings. The molecular weight excluding hydrogens is 188 g/mol. The number of para-hydroxylation sites is 1. The summed E-state index contributed by atoms with van der Waals surface area (Å²) in [6.07, 6.45) is 0. The van der Waals surface area contributed by atoms with Gasteiger partial charge in [-0.3, -0.25) is 5.32 Å². The van der Waals surface area contributed by atoms with Gasteiger partial charge in [0.1, 0.15) is 6.54 Å². The van der Waals surface area contributed by atoms with E-state index in [1.54, 1.807) is 0 Å². The van der Waals surface area contributed by atoms with Gasteiger partial charge in [0.05, 0.1) is 18.8 Å². The van der Waals surface area contributed by atoms with Gasteiger partial charge >= 0.3 is 6.03 Å². The number of carbonyl (C=O) groups excluding carboxylic acids is 1. The van der Waals surface area contributed by atoms with E-state index in [9.17, 15) is 4.79 Å². The van der Waals surface area contributed by atoms with Gasteiger partial charge in [0.15, 0.2) is 0 Å². The van der Waals surface area contributed by atoms with Crippen molar-refractivity contribution in [1.82, 2.24) is 0 Å². The van der Waals surface area contributed by atoms with E-state index in [-0.39, 0.29) is 6.03 Å². The number of amides is 2. The van der Waals surface area contributed by atoms with E-state index in [0.717, 1.165) is 12.2 Å². The van der Waals surface area contributed by atoms with Gasteiger partial charge in [0, 0.05) is 5.56 Å². The van der Waals surface area contributed by atoms with Crippen molar-refractivity contribution in [3.05, 3.63) is 29.8 Å². The first-order valence-corrected chi connectivity index (χ1v) is 5.28. The van der Waals surface area contributed by atoms with E-state index in [4.69, 9.17) is 0 Å². The minimum Gasteiger partial charge on any atom is -0.275 e. The highest BCUT2D eigenvalue weighted by molar-refractivity contribution is 5.87. The van der Waals surface area contributed by atoms with E-state index >= 15 is 0 Å². The van der Waals surface area contributed by atoms with E-state index < -0.39 is 0 Å². The maximum absolute atomic E-state index is 12.0. The van der Waals surface area contributed by atoms with Gasteiger partial charge < -0.3 is 0 Å². The van der Waals surface area contributed by atoms with Crippen LogP contribution in [0.25, 0.3) is 0 Å². The second-order valence-corrected chi connectivity index (χ2v) is 4.61. The summed E-state index contributed by atoms with van der Waals surface area (Å²) in [7, 11) is 1.98. The van der Waals surface area contributed by atoms with E-state index in [1.165, 1.54) is 5.56 Å². The van der Waals surface area contributed by atoms with E-state index in [0.29, 0.717) is 10.5 Å². The average Bonchev–Trinajstić information content (AvgIpc) is 2.19. The Morgan fingerprint density at radius 3 is 2.67 bits per heavy atom. The van der Waals surface area contributed by atoms with Gasteiger partial charge in [-0.05, 0) is 19.9 Å². The zero-order valence-electron chi connectivity index (χ0n) is 9.45. The highest BCUT2D eigenvalue weighted by atomic mass is 16.2. The molecule has 0 bridgehead atoms. The topological polar surface area (TPSA) is 29.1 Å². The Morgan fingerprint density at radius 2 is 2.00 bits per heavy atom. The van der Waals surface area contributed by atoms with Gasteiger partial charge in [-0.1, -0.05) is 18.2 Å². The van der Waals surface area contributed by atoms with Crippen LogP contribution in [0.5, 0.6) is 0 Å². The lowest BCUT2D eigenvalue weighted by Crippen LogP contribution is -2.57. The molecular formula is C12H17N2O+. The predicted molar refractivity (Wildman–Crippen MR) is 60.5 cm³/mol. The van der Waals surface area contributed by atoms with Gasteiger partial charge in [-0.15, -0.1) is 0 Å². The van der Waals surface area contributed by atoms with Crippen molar-refractivity contribution >= 4 is 11.7 Å². The summed E-state index contributed by atoms with van der Waals surface area (Å²) in [4.78, 5) is 12.0. The van der Waals surface area contributed by atoms with Crippen molar-refractivity contribution in [2.45, 2.75) is 26.4 Å². The molecule has 1 aliphatic rings. The largest absolute Gasteiger partial charge is 0.421 e. The molecule has 2 rings (SSSR count). The number of benzene rings is 1. The summed E-state index contributed by atoms with van der Waals surface area (Å²) >= 11 is 0. The van der Waals surface area contributed by atoms with Crippen LogP contribution in [-0.2, 0) is 6.54 Å². The lowest BCUT2D eigenvalue weighted by Gasteiger charge is -2.38. The normalized spacial score (nSPS) is 24.9. The summed E-state index contributed by atoms with van der Waals surface area (Å²) < 4.78 is 0.428. The fourth-order valence-corrected chi connectivity index (χ4v) is 1.87. The third-order valence-corrected chi connectivity index (χ3v) is 3.36. The van der Waals surface area contributed by atoms with Crippen molar-refractivity contribution < 1.29 is 9.28 Å². The molecule has 3 heteroatoms. The Bertz CT molecular complexity index is 400. The molecule has 1 N–H and O–H groups in total. The molecule has 1 aliphatic heterocycles. The molecule has 0 saturated carbocycles. The minimum absolute atomic E-state index is 0.0868. The Morgan fingerprint density at radius 1 is 1.33 bits per heavy atom. The van der Waals surface area contributed by atoms with Crippen LogP contribution in [0.15, 0.2) is 24.3 Å². The molecule has 1 unspecified atom stereocenters.